The van der Waals surface area contributed by atoms with Gasteiger partial charge in [0.05, 0.1) is 0 Å². The number of aliphatic carboxylic acids is 1. The number of Topliss-reactive ketones (excluding diaryl/α,β-unsaturated/α-hetero) is 1. The Kier molecular flexibility index (Phi) is 5.84. The van der Waals surface area contributed by atoms with E-state index in [0.29, 0.717) is 21.9 Å². The largest absolute Gasteiger partial charge is 0.480 e. The first kappa shape index (κ1) is 22.7. The second-order valence-corrected chi connectivity index (χ2v) is 8.08. The first-order chi connectivity index (χ1) is 14.3. The van der Waals surface area contributed by atoms with Crippen LogP contribution in [0.3, 0.4) is 0 Å². The summed E-state index contributed by atoms with van der Waals surface area (Å²) in [5.41, 5.74) is -1.26. The lowest BCUT2D eigenvalue weighted by atomic mass is 9.97. The third-order valence-electron chi connectivity index (χ3n) is 4.92. The number of furan rings is 1. The van der Waals surface area contributed by atoms with E-state index in [1.54, 1.807) is 18.2 Å². The lowest BCUT2D eigenvalue weighted by Gasteiger charge is -2.28. The zero-order valence-corrected chi connectivity index (χ0v) is 17.0. The molecule has 166 valence electrons. The van der Waals surface area contributed by atoms with Crippen LogP contribution in [0.1, 0.15) is 49.2 Å². The maximum atomic E-state index is 13.9. The Labute approximate surface area is 175 Å². The third kappa shape index (κ3) is 5.04. The quantitative estimate of drug-likeness (QED) is 0.372. The smallest absolute Gasteiger partial charge is 0.407 e. The fraction of sp³-hybridized carbons (Fsp3) is 0.364. The Morgan fingerprint density at radius 2 is 1.71 bits per heavy atom. The highest BCUT2D eigenvalue weighted by molar-refractivity contribution is 6.08. The standard InChI is InChI=1S/C22H21F4NO4/c1-11(28)12-5-7-17-15(8-12)14-6-4-13(9-18(14)31-17)19(22(24,25)26)27-16(20(29)30)10-21(2,3)23/h4-9,16,19,27H,10H2,1-3H3,(H,29,30)/t16-,19?/m0/s1. The van der Waals surface area contributed by atoms with Crippen LogP contribution in [-0.2, 0) is 4.79 Å². The molecule has 0 aliphatic rings. The van der Waals surface area contributed by atoms with Crippen LogP contribution in [0.4, 0.5) is 17.6 Å². The summed E-state index contributed by atoms with van der Waals surface area (Å²) in [7, 11) is 0. The van der Waals surface area contributed by atoms with Crippen molar-refractivity contribution in [3.63, 3.8) is 0 Å². The van der Waals surface area contributed by atoms with Gasteiger partial charge in [-0.2, -0.15) is 13.2 Å². The van der Waals surface area contributed by atoms with Crippen LogP contribution in [-0.4, -0.2) is 34.7 Å². The van der Waals surface area contributed by atoms with Crippen molar-refractivity contribution in [2.24, 2.45) is 0 Å². The van der Waals surface area contributed by atoms with Crippen LogP contribution in [0.15, 0.2) is 40.8 Å². The highest BCUT2D eigenvalue weighted by Gasteiger charge is 2.44. The molecule has 1 aromatic heterocycles. The molecular weight excluding hydrogens is 418 g/mol. The molecule has 1 unspecified atom stereocenters. The summed E-state index contributed by atoms with van der Waals surface area (Å²) in [5.74, 6) is -1.74. The molecule has 0 fully saturated rings. The molecule has 0 spiro atoms. The molecule has 0 radical (unpaired) electrons. The topological polar surface area (TPSA) is 79.5 Å². The van der Waals surface area contributed by atoms with E-state index in [9.17, 15) is 32.3 Å². The number of alkyl halides is 4. The molecule has 2 aromatic carbocycles. The number of rotatable bonds is 7. The molecule has 1 heterocycles. The highest BCUT2D eigenvalue weighted by atomic mass is 19.4. The molecule has 0 aliphatic carbocycles. The first-order valence-corrected chi connectivity index (χ1v) is 9.48. The molecule has 0 bridgehead atoms. The molecule has 5 nitrogen and oxygen atoms in total. The van der Waals surface area contributed by atoms with Crippen molar-refractivity contribution in [3.05, 3.63) is 47.5 Å². The van der Waals surface area contributed by atoms with Gasteiger partial charge in [0.15, 0.2) is 5.78 Å². The number of ketones is 1. The summed E-state index contributed by atoms with van der Waals surface area (Å²) >= 11 is 0. The summed E-state index contributed by atoms with van der Waals surface area (Å²) < 4.78 is 61.0. The Bertz CT molecular complexity index is 1140. The van der Waals surface area contributed by atoms with Crippen LogP contribution in [0.25, 0.3) is 21.9 Å². The summed E-state index contributed by atoms with van der Waals surface area (Å²) in [6, 6.07) is 4.44. The van der Waals surface area contributed by atoms with Crippen molar-refractivity contribution in [1.82, 2.24) is 5.32 Å². The molecule has 0 aliphatic heterocycles. The van der Waals surface area contributed by atoms with Gasteiger partial charge in [0.1, 0.15) is 28.9 Å². The predicted octanol–water partition coefficient (Wildman–Crippen LogP) is 5.57. The van der Waals surface area contributed by atoms with E-state index in [-0.39, 0.29) is 16.9 Å². The summed E-state index contributed by atoms with van der Waals surface area (Å²) in [4.78, 5) is 23.1. The average Bonchev–Trinajstić information content (AvgIpc) is 2.99. The zero-order valence-electron chi connectivity index (χ0n) is 17.0. The van der Waals surface area contributed by atoms with Crippen molar-refractivity contribution in [3.8, 4) is 0 Å². The van der Waals surface area contributed by atoms with E-state index in [0.717, 1.165) is 13.8 Å². The minimum Gasteiger partial charge on any atom is -0.480 e. The van der Waals surface area contributed by atoms with Gasteiger partial charge < -0.3 is 9.52 Å². The molecule has 0 saturated carbocycles. The molecule has 9 heteroatoms. The van der Waals surface area contributed by atoms with Gasteiger partial charge in [-0.15, -0.1) is 0 Å². The van der Waals surface area contributed by atoms with E-state index < -0.39 is 36.3 Å². The summed E-state index contributed by atoms with van der Waals surface area (Å²) in [5, 5.41) is 12.4. The zero-order chi connectivity index (χ0) is 23.1. The fourth-order valence-electron chi connectivity index (χ4n) is 3.48. The number of carbonyl (C=O) groups excluding carboxylic acids is 1. The van der Waals surface area contributed by atoms with Crippen molar-refractivity contribution < 1.29 is 36.7 Å². The normalized spacial score (nSPS) is 14.7. The van der Waals surface area contributed by atoms with Crippen LogP contribution in [0.2, 0.25) is 0 Å². The van der Waals surface area contributed by atoms with Gasteiger partial charge in [-0.05, 0) is 50.6 Å². The van der Waals surface area contributed by atoms with Crippen molar-refractivity contribution in [2.75, 3.05) is 0 Å². The fourth-order valence-corrected chi connectivity index (χ4v) is 3.48. The Balaban J connectivity index is 2.05. The minimum atomic E-state index is -4.84. The number of carboxylic acid groups (broad SMARTS) is 1. The van der Waals surface area contributed by atoms with Gasteiger partial charge in [-0.1, -0.05) is 12.1 Å². The van der Waals surface area contributed by atoms with Gasteiger partial charge in [-0.25, -0.2) is 4.39 Å². The van der Waals surface area contributed by atoms with Gasteiger partial charge in [0, 0.05) is 22.8 Å². The third-order valence-corrected chi connectivity index (χ3v) is 4.92. The molecule has 2 atom stereocenters. The molecule has 2 N–H and O–H groups in total. The van der Waals surface area contributed by atoms with Crippen LogP contribution in [0, 0.1) is 0 Å². The summed E-state index contributed by atoms with van der Waals surface area (Å²) in [6.45, 7) is 3.60. The highest BCUT2D eigenvalue weighted by Crippen LogP contribution is 2.37. The molecule has 31 heavy (non-hydrogen) atoms. The summed E-state index contributed by atoms with van der Waals surface area (Å²) in [6.07, 6.45) is -5.48. The van der Waals surface area contributed by atoms with Crippen molar-refractivity contribution in [1.29, 1.82) is 0 Å². The lowest BCUT2D eigenvalue weighted by Crippen LogP contribution is -2.47. The second kappa shape index (κ2) is 7.96. The molecule has 0 saturated heterocycles. The number of fused-ring (bicyclic) bond motifs is 3. The maximum Gasteiger partial charge on any atom is 0.407 e. The van der Waals surface area contributed by atoms with E-state index in [2.05, 4.69) is 0 Å². The van der Waals surface area contributed by atoms with E-state index >= 15 is 0 Å². The molecule has 3 aromatic rings. The van der Waals surface area contributed by atoms with Crippen LogP contribution in [0.5, 0.6) is 0 Å². The number of carbonyl (C=O) groups is 2. The monoisotopic (exact) mass is 439 g/mol. The van der Waals surface area contributed by atoms with Crippen molar-refractivity contribution in [2.45, 2.75) is 51.1 Å². The van der Waals surface area contributed by atoms with Gasteiger partial charge in [0.2, 0.25) is 0 Å². The number of carboxylic acids is 1. The van der Waals surface area contributed by atoms with E-state index in [1.807, 2.05) is 5.32 Å². The minimum absolute atomic E-state index is 0.155. The Hall–Kier alpha value is -2.94. The predicted molar refractivity (Wildman–Crippen MR) is 107 cm³/mol. The van der Waals surface area contributed by atoms with E-state index in [4.69, 9.17) is 4.42 Å². The maximum absolute atomic E-state index is 13.9. The number of hydrogen-bond donors (Lipinski definition) is 2. The number of halogens is 4. The molecule has 0 amide bonds. The number of hydrogen-bond acceptors (Lipinski definition) is 4. The lowest BCUT2D eigenvalue weighted by molar-refractivity contribution is -0.164. The van der Waals surface area contributed by atoms with Gasteiger partial charge in [0.25, 0.3) is 0 Å². The van der Waals surface area contributed by atoms with Gasteiger partial charge >= 0.3 is 12.1 Å². The van der Waals surface area contributed by atoms with Gasteiger partial charge in [-0.3, -0.25) is 14.9 Å². The average molecular weight is 439 g/mol. The first-order valence-electron chi connectivity index (χ1n) is 9.48. The van der Waals surface area contributed by atoms with Crippen LogP contribution < -0.4 is 5.32 Å². The second-order valence-electron chi connectivity index (χ2n) is 8.08. The Morgan fingerprint density at radius 3 is 2.26 bits per heavy atom. The van der Waals surface area contributed by atoms with Crippen molar-refractivity contribution >= 4 is 33.7 Å². The number of benzene rings is 2. The van der Waals surface area contributed by atoms with Crippen LogP contribution >= 0.6 is 0 Å². The van der Waals surface area contributed by atoms with E-state index in [1.165, 1.54) is 25.1 Å². The molecular formula is C22H21F4NO4. The molecule has 3 rings (SSSR count). The SMILES string of the molecule is CC(=O)c1ccc2oc3cc(C(N[C@@H](CC(C)(C)F)C(=O)O)C(F)(F)F)ccc3c2c1. The Morgan fingerprint density at radius 1 is 1.03 bits per heavy atom. The number of nitrogens with one attached hydrogen (secondary N) is 1.